The molecule has 0 bridgehead atoms. The van der Waals surface area contributed by atoms with Gasteiger partial charge >= 0.3 is 6.09 Å². The molecule has 2 unspecified atom stereocenters. The van der Waals surface area contributed by atoms with Gasteiger partial charge < -0.3 is 19.6 Å². The highest BCUT2D eigenvalue weighted by molar-refractivity contribution is 5.96. The molecular formula is C36H36N2O5. The number of hydrogen-bond acceptors (Lipinski definition) is 6. The van der Waals surface area contributed by atoms with Crippen LogP contribution in [0.3, 0.4) is 0 Å². The molecular weight excluding hydrogens is 540 g/mol. The zero-order valence-corrected chi connectivity index (χ0v) is 24.4. The Morgan fingerprint density at radius 3 is 2.21 bits per heavy atom. The van der Waals surface area contributed by atoms with E-state index in [1.54, 1.807) is 0 Å². The number of amides is 2. The second-order valence-electron chi connectivity index (χ2n) is 10.9. The Morgan fingerprint density at radius 1 is 0.907 bits per heavy atom. The quantitative estimate of drug-likeness (QED) is 0.189. The maximum atomic E-state index is 14.4. The van der Waals surface area contributed by atoms with Crippen molar-refractivity contribution in [3.8, 4) is 5.75 Å². The standard InChI is InChI=1S/C36H36N2O5/c1-25-13-18-30(19-14-25)37-34(29-16-20-31(21-17-29)42-23-27-9-5-3-6-10-27)32(22-15-26(2)39)35(40)38-33(24-43-36(38)41)28-11-7-4-8-12-28/h3-14,16-21,32-34,37H,15,22-24H2,1-2H3/t32?,33-,34?/m1/s1. The third-order valence-electron chi connectivity index (χ3n) is 7.68. The van der Waals surface area contributed by atoms with Gasteiger partial charge in [-0.05, 0) is 61.2 Å². The van der Waals surface area contributed by atoms with Gasteiger partial charge in [0.15, 0.2) is 0 Å². The van der Waals surface area contributed by atoms with Crippen LogP contribution in [0.25, 0.3) is 0 Å². The molecule has 4 aromatic carbocycles. The van der Waals surface area contributed by atoms with E-state index < -0.39 is 24.1 Å². The number of carbonyl (C=O) groups is 3. The van der Waals surface area contributed by atoms with E-state index >= 15 is 0 Å². The lowest BCUT2D eigenvalue weighted by molar-refractivity contribution is -0.134. The topological polar surface area (TPSA) is 84.9 Å². The lowest BCUT2D eigenvalue weighted by Gasteiger charge is -2.32. The molecule has 0 saturated carbocycles. The molecule has 5 rings (SSSR count). The Hall–Kier alpha value is -4.91. The number of Topliss-reactive ketones (excluding diaryl/α,β-unsaturated/α-hetero) is 1. The van der Waals surface area contributed by atoms with Crippen molar-refractivity contribution < 1.29 is 23.9 Å². The van der Waals surface area contributed by atoms with Crippen LogP contribution in [-0.4, -0.2) is 29.3 Å². The van der Waals surface area contributed by atoms with Crippen molar-refractivity contribution in [3.63, 3.8) is 0 Å². The predicted octanol–water partition coefficient (Wildman–Crippen LogP) is 7.43. The van der Waals surface area contributed by atoms with Crippen LogP contribution in [0.2, 0.25) is 0 Å². The van der Waals surface area contributed by atoms with Crippen LogP contribution in [0.5, 0.6) is 5.75 Å². The summed E-state index contributed by atoms with van der Waals surface area (Å²) < 4.78 is 11.4. The number of ether oxygens (including phenoxy) is 2. The largest absolute Gasteiger partial charge is 0.489 e. The summed E-state index contributed by atoms with van der Waals surface area (Å²) in [6.45, 7) is 4.04. The monoisotopic (exact) mass is 576 g/mol. The minimum atomic E-state index is -0.738. The summed E-state index contributed by atoms with van der Waals surface area (Å²) in [6, 6.07) is 33.8. The van der Waals surface area contributed by atoms with Crippen molar-refractivity contribution in [2.45, 2.75) is 45.4 Å². The fourth-order valence-electron chi connectivity index (χ4n) is 5.31. The van der Waals surface area contributed by atoms with Crippen LogP contribution >= 0.6 is 0 Å². The van der Waals surface area contributed by atoms with Crippen molar-refractivity contribution in [2.24, 2.45) is 5.92 Å². The molecule has 1 fully saturated rings. The van der Waals surface area contributed by atoms with Crippen molar-refractivity contribution in [1.82, 2.24) is 4.90 Å². The normalized spacial score (nSPS) is 15.8. The molecule has 43 heavy (non-hydrogen) atoms. The average molecular weight is 577 g/mol. The number of hydrogen-bond donors (Lipinski definition) is 1. The number of nitrogens with zero attached hydrogens (tertiary/aromatic N) is 1. The zero-order valence-electron chi connectivity index (χ0n) is 24.4. The summed E-state index contributed by atoms with van der Waals surface area (Å²) in [5.74, 6) is -0.453. The summed E-state index contributed by atoms with van der Waals surface area (Å²) in [4.78, 5) is 40.8. The first kappa shape index (κ1) is 29.6. The molecule has 7 heteroatoms. The van der Waals surface area contributed by atoms with E-state index in [-0.39, 0.29) is 31.1 Å². The van der Waals surface area contributed by atoms with Crippen LogP contribution < -0.4 is 10.1 Å². The van der Waals surface area contributed by atoms with Gasteiger partial charge in [0, 0.05) is 12.1 Å². The van der Waals surface area contributed by atoms with Crippen LogP contribution in [0.1, 0.15) is 54.1 Å². The number of nitrogens with one attached hydrogen (secondary N) is 1. The fraction of sp³-hybridized carbons (Fsp3) is 0.250. The third-order valence-corrected chi connectivity index (χ3v) is 7.68. The molecule has 220 valence electrons. The SMILES string of the molecule is CC(=O)CCC(C(=O)N1C(=O)OC[C@@H]1c1ccccc1)C(Nc1ccc(C)cc1)c1ccc(OCc2ccccc2)cc1. The smallest absolute Gasteiger partial charge is 0.417 e. The van der Waals surface area contributed by atoms with E-state index in [2.05, 4.69) is 5.32 Å². The number of rotatable bonds is 12. The van der Waals surface area contributed by atoms with Crippen LogP contribution in [0, 0.1) is 12.8 Å². The van der Waals surface area contributed by atoms with Crippen LogP contribution in [0.15, 0.2) is 109 Å². The predicted molar refractivity (Wildman–Crippen MR) is 166 cm³/mol. The first-order valence-corrected chi connectivity index (χ1v) is 14.5. The van der Waals surface area contributed by atoms with Crippen molar-refractivity contribution in [3.05, 3.63) is 131 Å². The van der Waals surface area contributed by atoms with E-state index in [4.69, 9.17) is 9.47 Å². The fourth-order valence-corrected chi connectivity index (χ4v) is 5.31. The first-order chi connectivity index (χ1) is 20.9. The van der Waals surface area contributed by atoms with E-state index in [1.165, 1.54) is 11.8 Å². The maximum Gasteiger partial charge on any atom is 0.417 e. The molecule has 7 nitrogen and oxygen atoms in total. The van der Waals surface area contributed by atoms with Gasteiger partial charge in [-0.15, -0.1) is 0 Å². The molecule has 1 heterocycles. The van der Waals surface area contributed by atoms with E-state index in [9.17, 15) is 14.4 Å². The number of benzene rings is 4. The number of ketones is 1. The lowest BCUT2D eigenvalue weighted by atomic mass is 9.86. The number of imide groups is 1. The summed E-state index contributed by atoms with van der Waals surface area (Å²) in [7, 11) is 0. The van der Waals surface area contributed by atoms with E-state index in [0.29, 0.717) is 12.4 Å². The minimum Gasteiger partial charge on any atom is -0.489 e. The second-order valence-corrected chi connectivity index (χ2v) is 10.9. The molecule has 1 aliphatic heterocycles. The Labute approximate surface area is 252 Å². The average Bonchev–Trinajstić information content (AvgIpc) is 3.42. The Kier molecular flexibility index (Phi) is 9.52. The molecule has 0 aromatic heterocycles. The Bertz CT molecular complexity index is 1520. The molecule has 2 amide bonds. The number of anilines is 1. The van der Waals surface area contributed by atoms with E-state index in [0.717, 1.165) is 27.9 Å². The third kappa shape index (κ3) is 7.49. The van der Waals surface area contributed by atoms with Crippen LogP contribution in [-0.2, 0) is 20.9 Å². The molecule has 0 radical (unpaired) electrons. The van der Waals surface area contributed by atoms with Gasteiger partial charge in [0.05, 0.1) is 12.0 Å². The van der Waals surface area contributed by atoms with E-state index in [1.807, 2.05) is 116 Å². The summed E-state index contributed by atoms with van der Waals surface area (Å²) in [5.41, 5.74) is 4.64. The highest BCUT2D eigenvalue weighted by atomic mass is 16.6. The molecule has 0 spiro atoms. The molecule has 0 aliphatic carbocycles. The van der Waals surface area contributed by atoms with Gasteiger partial charge in [-0.2, -0.15) is 0 Å². The minimum absolute atomic E-state index is 0.0276. The molecule has 4 aromatic rings. The molecule has 1 N–H and O–H groups in total. The van der Waals surface area contributed by atoms with Crippen molar-refractivity contribution in [1.29, 1.82) is 0 Å². The van der Waals surface area contributed by atoms with Gasteiger partial charge in [-0.1, -0.05) is 90.5 Å². The molecule has 1 aliphatic rings. The number of carbonyl (C=O) groups excluding carboxylic acids is 3. The number of cyclic esters (lactones) is 1. The molecule has 1 saturated heterocycles. The first-order valence-electron chi connectivity index (χ1n) is 14.5. The van der Waals surface area contributed by atoms with Crippen molar-refractivity contribution >= 4 is 23.5 Å². The van der Waals surface area contributed by atoms with Crippen molar-refractivity contribution in [2.75, 3.05) is 11.9 Å². The van der Waals surface area contributed by atoms with Gasteiger partial charge in [0.1, 0.15) is 30.8 Å². The summed E-state index contributed by atoms with van der Waals surface area (Å²) >= 11 is 0. The molecule has 3 atom stereocenters. The maximum absolute atomic E-state index is 14.4. The zero-order chi connectivity index (χ0) is 30.2. The highest BCUT2D eigenvalue weighted by Gasteiger charge is 2.44. The van der Waals surface area contributed by atoms with Gasteiger partial charge in [-0.25, -0.2) is 9.69 Å². The Morgan fingerprint density at radius 2 is 1.56 bits per heavy atom. The summed E-state index contributed by atoms with van der Waals surface area (Å²) in [5, 5.41) is 3.55. The summed E-state index contributed by atoms with van der Waals surface area (Å²) in [6.07, 6.45) is -0.222. The Balaban J connectivity index is 1.48. The van der Waals surface area contributed by atoms with Crippen LogP contribution in [0.4, 0.5) is 10.5 Å². The second kappa shape index (κ2) is 13.8. The van der Waals surface area contributed by atoms with Gasteiger partial charge in [-0.3, -0.25) is 4.79 Å². The highest BCUT2D eigenvalue weighted by Crippen LogP contribution is 2.37. The lowest BCUT2D eigenvalue weighted by Crippen LogP contribution is -2.42. The van der Waals surface area contributed by atoms with Gasteiger partial charge in [0.2, 0.25) is 5.91 Å². The van der Waals surface area contributed by atoms with Gasteiger partial charge in [0.25, 0.3) is 0 Å². The number of aryl methyl sites for hydroxylation is 1.